The maximum Gasteiger partial charge on any atom is 0.334 e. The fourth-order valence-electron chi connectivity index (χ4n) is 4.57. The third-order valence-corrected chi connectivity index (χ3v) is 6.14. The van der Waals surface area contributed by atoms with Crippen molar-refractivity contribution in [3.8, 4) is 16.9 Å². The van der Waals surface area contributed by atoms with Gasteiger partial charge < -0.3 is 10.6 Å². The number of anilines is 1. The molecule has 0 unspecified atom stereocenters. The van der Waals surface area contributed by atoms with Gasteiger partial charge in [0.1, 0.15) is 11.3 Å². The number of pyridine rings is 2. The Hall–Kier alpha value is -4.20. The lowest BCUT2D eigenvalue weighted by Crippen LogP contribution is -2.42. The number of imidazole rings is 1. The lowest BCUT2D eigenvalue weighted by Gasteiger charge is -2.32. The molecule has 2 N–H and O–H groups in total. The number of carbonyl (C=O) groups excluding carboxylic acids is 1. The zero-order valence-corrected chi connectivity index (χ0v) is 18.1. The van der Waals surface area contributed by atoms with Crippen LogP contribution in [0.3, 0.4) is 0 Å². The van der Waals surface area contributed by atoms with Crippen molar-refractivity contribution in [3.63, 3.8) is 0 Å². The highest BCUT2D eigenvalue weighted by Crippen LogP contribution is 2.28. The molecule has 0 bridgehead atoms. The number of rotatable bonds is 4. The van der Waals surface area contributed by atoms with Crippen molar-refractivity contribution in [1.29, 1.82) is 0 Å². The van der Waals surface area contributed by atoms with Crippen LogP contribution in [0.2, 0.25) is 0 Å². The molecule has 1 aliphatic heterocycles. The Labute approximate surface area is 190 Å². The van der Waals surface area contributed by atoms with Gasteiger partial charge in [0.15, 0.2) is 0 Å². The molecule has 8 nitrogen and oxygen atoms in total. The number of amides is 1. The van der Waals surface area contributed by atoms with Crippen molar-refractivity contribution in [2.24, 2.45) is 0 Å². The van der Waals surface area contributed by atoms with E-state index in [1.165, 1.54) is 6.08 Å². The highest BCUT2D eigenvalue weighted by atomic mass is 16.2. The molecule has 166 valence electrons. The second-order valence-electron chi connectivity index (χ2n) is 8.10. The second kappa shape index (κ2) is 8.38. The van der Waals surface area contributed by atoms with E-state index >= 15 is 0 Å². The van der Waals surface area contributed by atoms with Crippen molar-refractivity contribution in [3.05, 3.63) is 84.1 Å². The van der Waals surface area contributed by atoms with Gasteiger partial charge in [-0.25, -0.2) is 9.78 Å². The first-order valence-electron chi connectivity index (χ1n) is 10.9. The lowest BCUT2D eigenvalue weighted by molar-refractivity contribution is -0.127. The minimum absolute atomic E-state index is 0.127. The summed E-state index contributed by atoms with van der Waals surface area (Å²) in [5.41, 5.74) is 9.67. The maximum absolute atomic E-state index is 13.7. The normalized spacial score (nSPS) is 16.1. The summed E-state index contributed by atoms with van der Waals surface area (Å²) in [6.45, 7) is 4.69. The quantitative estimate of drug-likeness (QED) is 0.492. The standard InChI is InChI=1S/C25H24N6O2/c1-2-22(32)29-14-6-9-19(16-29)30-21-12-13-27-24(26)23(21)31(25(30)33)18-10-11-20(28-15-18)17-7-4-3-5-8-17/h2-5,7-8,10-13,15,19H,1,6,9,14,16H2,(H2,26,27)/t19-/m1/s1. The van der Waals surface area contributed by atoms with Crippen molar-refractivity contribution in [2.75, 3.05) is 18.8 Å². The summed E-state index contributed by atoms with van der Waals surface area (Å²) in [6, 6.07) is 15.2. The molecule has 4 heterocycles. The van der Waals surface area contributed by atoms with E-state index in [0.717, 1.165) is 24.1 Å². The molecule has 0 saturated carbocycles. The molecule has 1 amide bonds. The number of nitrogen functional groups attached to an aromatic ring is 1. The van der Waals surface area contributed by atoms with E-state index in [1.54, 1.807) is 32.5 Å². The van der Waals surface area contributed by atoms with E-state index in [-0.39, 0.29) is 23.5 Å². The van der Waals surface area contributed by atoms with E-state index in [0.29, 0.717) is 29.8 Å². The van der Waals surface area contributed by atoms with Crippen LogP contribution in [0, 0.1) is 0 Å². The van der Waals surface area contributed by atoms with Gasteiger partial charge in [-0.3, -0.25) is 18.9 Å². The third-order valence-electron chi connectivity index (χ3n) is 6.14. The summed E-state index contributed by atoms with van der Waals surface area (Å²) in [5.74, 6) is 0.142. The molecule has 0 radical (unpaired) electrons. The predicted octanol–water partition coefficient (Wildman–Crippen LogP) is 3.18. The summed E-state index contributed by atoms with van der Waals surface area (Å²) in [5, 5.41) is 0. The van der Waals surface area contributed by atoms with Crippen LogP contribution in [-0.4, -0.2) is 43.0 Å². The summed E-state index contributed by atoms with van der Waals surface area (Å²) in [7, 11) is 0. The van der Waals surface area contributed by atoms with Gasteiger partial charge in [-0.2, -0.15) is 0 Å². The van der Waals surface area contributed by atoms with Crippen LogP contribution >= 0.6 is 0 Å². The molecule has 1 aromatic carbocycles. The molecule has 1 saturated heterocycles. The van der Waals surface area contributed by atoms with Gasteiger partial charge >= 0.3 is 5.69 Å². The van der Waals surface area contributed by atoms with Gasteiger partial charge in [0.2, 0.25) is 5.91 Å². The van der Waals surface area contributed by atoms with E-state index in [9.17, 15) is 9.59 Å². The van der Waals surface area contributed by atoms with Crippen molar-refractivity contribution >= 4 is 22.8 Å². The largest absolute Gasteiger partial charge is 0.382 e. The Morgan fingerprint density at radius 2 is 1.94 bits per heavy atom. The molecule has 0 aliphatic carbocycles. The van der Waals surface area contributed by atoms with Gasteiger partial charge in [-0.1, -0.05) is 36.9 Å². The van der Waals surface area contributed by atoms with Crippen molar-refractivity contribution in [2.45, 2.75) is 18.9 Å². The average Bonchev–Trinajstić information content (AvgIpc) is 3.17. The van der Waals surface area contributed by atoms with E-state index in [2.05, 4.69) is 16.5 Å². The van der Waals surface area contributed by atoms with Gasteiger partial charge in [-0.15, -0.1) is 0 Å². The lowest BCUT2D eigenvalue weighted by atomic mass is 10.1. The van der Waals surface area contributed by atoms with E-state index < -0.39 is 0 Å². The minimum Gasteiger partial charge on any atom is -0.382 e. The fraction of sp³-hybridized carbons (Fsp3) is 0.200. The Morgan fingerprint density at radius 3 is 2.67 bits per heavy atom. The predicted molar refractivity (Wildman–Crippen MR) is 128 cm³/mol. The summed E-state index contributed by atoms with van der Waals surface area (Å²) < 4.78 is 3.30. The number of piperidine rings is 1. The van der Waals surface area contributed by atoms with Crippen LogP contribution in [0.25, 0.3) is 28.0 Å². The highest BCUT2D eigenvalue weighted by Gasteiger charge is 2.28. The molecular formula is C25H24N6O2. The number of likely N-dealkylation sites (tertiary alicyclic amines) is 1. The molecule has 4 aromatic rings. The number of nitrogens with zero attached hydrogens (tertiary/aromatic N) is 5. The number of carbonyl (C=O) groups is 1. The zero-order valence-electron chi connectivity index (χ0n) is 18.1. The molecule has 8 heteroatoms. The number of aromatic nitrogens is 4. The van der Waals surface area contributed by atoms with Gasteiger partial charge in [0.05, 0.1) is 29.1 Å². The van der Waals surface area contributed by atoms with Crippen LogP contribution in [0.15, 0.2) is 78.4 Å². The number of benzene rings is 1. The molecule has 1 aliphatic rings. The zero-order chi connectivity index (χ0) is 22.9. The smallest absolute Gasteiger partial charge is 0.334 e. The Balaban J connectivity index is 1.62. The van der Waals surface area contributed by atoms with Crippen LogP contribution in [-0.2, 0) is 4.79 Å². The molecule has 5 rings (SSSR count). The highest BCUT2D eigenvalue weighted by molar-refractivity contribution is 5.88. The first-order chi connectivity index (χ1) is 16.1. The fourth-order valence-corrected chi connectivity index (χ4v) is 4.57. The molecule has 3 aromatic heterocycles. The van der Waals surface area contributed by atoms with Crippen LogP contribution in [0.4, 0.5) is 5.82 Å². The summed E-state index contributed by atoms with van der Waals surface area (Å²) >= 11 is 0. The van der Waals surface area contributed by atoms with E-state index in [4.69, 9.17) is 5.73 Å². The SMILES string of the molecule is C=CC(=O)N1CCC[C@@H](n2c(=O)n(-c3ccc(-c4ccccc4)nc3)c3c(N)nccc32)C1. The number of nitrogens with two attached hydrogens (primary N) is 1. The number of fused-ring (bicyclic) bond motifs is 1. The van der Waals surface area contributed by atoms with Crippen molar-refractivity contribution < 1.29 is 4.79 Å². The molecule has 33 heavy (non-hydrogen) atoms. The molecular weight excluding hydrogens is 416 g/mol. The number of hydrogen-bond acceptors (Lipinski definition) is 5. The van der Waals surface area contributed by atoms with Gasteiger partial charge in [0.25, 0.3) is 0 Å². The summed E-state index contributed by atoms with van der Waals surface area (Å²) in [4.78, 5) is 36.5. The van der Waals surface area contributed by atoms with Crippen LogP contribution in [0.1, 0.15) is 18.9 Å². The topological polar surface area (TPSA) is 99.0 Å². The average molecular weight is 441 g/mol. The first-order valence-corrected chi connectivity index (χ1v) is 10.9. The number of hydrogen-bond donors (Lipinski definition) is 1. The van der Waals surface area contributed by atoms with Gasteiger partial charge in [-0.05, 0) is 37.1 Å². The van der Waals surface area contributed by atoms with Crippen molar-refractivity contribution in [1.82, 2.24) is 24.0 Å². The Kier molecular flexibility index (Phi) is 5.26. The molecule has 1 atom stereocenters. The third kappa shape index (κ3) is 3.59. The van der Waals surface area contributed by atoms with Gasteiger partial charge in [0, 0.05) is 24.8 Å². The second-order valence-corrected chi connectivity index (χ2v) is 8.10. The minimum atomic E-state index is -0.225. The Morgan fingerprint density at radius 1 is 1.12 bits per heavy atom. The monoisotopic (exact) mass is 440 g/mol. The Bertz CT molecular complexity index is 1390. The first kappa shape index (κ1) is 20.7. The maximum atomic E-state index is 13.7. The van der Waals surface area contributed by atoms with Crippen LogP contribution < -0.4 is 11.4 Å². The summed E-state index contributed by atoms with van der Waals surface area (Å²) in [6.07, 6.45) is 6.18. The van der Waals surface area contributed by atoms with Crippen LogP contribution in [0.5, 0.6) is 0 Å². The molecule has 1 fully saturated rings. The van der Waals surface area contributed by atoms with E-state index in [1.807, 2.05) is 42.5 Å². The molecule has 0 spiro atoms.